The molecule has 1 fully saturated rings. The molecular formula is C29H30FN5O4. The topological polar surface area (TPSA) is 98.6 Å². The number of nitrogens with zero attached hydrogens (tertiary/aromatic N) is 4. The van der Waals surface area contributed by atoms with Crippen molar-refractivity contribution >= 4 is 28.5 Å². The van der Waals surface area contributed by atoms with Crippen molar-refractivity contribution in [2.45, 2.75) is 44.3 Å². The molecule has 10 heteroatoms. The molecule has 1 aliphatic rings. The first-order valence-electron chi connectivity index (χ1n) is 12.9. The first-order valence-corrected chi connectivity index (χ1v) is 12.9. The number of aromatic nitrogens is 3. The van der Waals surface area contributed by atoms with Crippen LogP contribution in [0.5, 0.6) is 11.5 Å². The van der Waals surface area contributed by atoms with E-state index in [4.69, 9.17) is 9.47 Å². The van der Waals surface area contributed by atoms with Gasteiger partial charge in [0.05, 0.1) is 25.4 Å². The maximum absolute atomic E-state index is 15.3. The lowest BCUT2D eigenvalue weighted by atomic mass is 10.0. The van der Waals surface area contributed by atoms with Gasteiger partial charge in [-0.05, 0) is 43.2 Å². The molecule has 4 aromatic rings. The molecule has 0 saturated heterocycles. The highest BCUT2D eigenvalue weighted by atomic mass is 19.1. The van der Waals surface area contributed by atoms with Crippen LogP contribution in [-0.4, -0.2) is 47.1 Å². The Morgan fingerprint density at radius 3 is 2.54 bits per heavy atom. The Hall–Kier alpha value is -4.47. The van der Waals surface area contributed by atoms with E-state index in [1.165, 1.54) is 35.9 Å². The van der Waals surface area contributed by atoms with Gasteiger partial charge < -0.3 is 14.8 Å². The Morgan fingerprint density at radius 2 is 1.79 bits per heavy atom. The molecule has 202 valence electrons. The first kappa shape index (κ1) is 26.1. The van der Waals surface area contributed by atoms with Crippen molar-refractivity contribution in [3.63, 3.8) is 0 Å². The summed E-state index contributed by atoms with van der Waals surface area (Å²) in [7, 11) is 2.98. The highest BCUT2D eigenvalue weighted by Gasteiger charge is 2.37. The summed E-state index contributed by atoms with van der Waals surface area (Å²) in [5.74, 6) is -0.768. The zero-order valence-electron chi connectivity index (χ0n) is 21.8. The number of carbonyl (C=O) groups excluding carboxylic acids is 2. The largest absolute Gasteiger partial charge is 0.497 e. The number of benzene rings is 3. The number of hydrogen-bond acceptors (Lipinski definition) is 6. The van der Waals surface area contributed by atoms with Crippen molar-refractivity contribution in [3.05, 3.63) is 78.1 Å². The summed E-state index contributed by atoms with van der Waals surface area (Å²) < 4.78 is 27.8. The normalized spacial score (nSPS) is 14.2. The van der Waals surface area contributed by atoms with Crippen LogP contribution in [0.1, 0.15) is 37.3 Å². The van der Waals surface area contributed by atoms with Crippen molar-refractivity contribution in [1.29, 1.82) is 0 Å². The fourth-order valence-electron chi connectivity index (χ4n) is 5.08. The number of nitrogens with one attached hydrogen (secondary N) is 1. The Bertz CT molecular complexity index is 1480. The Kier molecular flexibility index (Phi) is 7.72. The number of methoxy groups -OCH3 is 2. The molecule has 0 radical (unpaired) electrons. The molecule has 5 rings (SSSR count). The fraction of sp³-hybridized carbons (Fsp3) is 0.310. The second-order valence-corrected chi connectivity index (χ2v) is 9.45. The van der Waals surface area contributed by atoms with Crippen molar-refractivity contribution < 1.29 is 23.5 Å². The van der Waals surface area contributed by atoms with E-state index >= 15 is 4.39 Å². The third kappa shape index (κ3) is 5.41. The molecule has 1 heterocycles. The van der Waals surface area contributed by atoms with E-state index in [1.807, 2.05) is 18.2 Å². The van der Waals surface area contributed by atoms with Gasteiger partial charge in [-0.2, -0.15) is 0 Å². The number of amides is 2. The van der Waals surface area contributed by atoms with E-state index in [0.29, 0.717) is 28.2 Å². The van der Waals surface area contributed by atoms with Crippen LogP contribution in [0.4, 0.5) is 10.1 Å². The summed E-state index contributed by atoms with van der Waals surface area (Å²) in [5, 5.41) is 11.4. The van der Waals surface area contributed by atoms with Gasteiger partial charge in [0.15, 0.2) is 0 Å². The molecule has 0 aliphatic heterocycles. The summed E-state index contributed by atoms with van der Waals surface area (Å²) >= 11 is 0. The highest BCUT2D eigenvalue weighted by molar-refractivity contribution is 6.02. The zero-order chi connectivity index (χ0) is 27.4. The quantitative estimate of drug-likeness (QED) is 0.343. The fourth-order valence-corrected chi connectivity index (χ4v) is 5.08. The van der Waals surface area contributed by atoms with Gasteiger partial charge in [-0.25, -0.2) is 9.07 Å². The summed E-state index contributed by atoms with van der Waals surface area (Å²) in [4.78, 5) is 29.4. The van der Waals surface area contributed by atoms with Crippen LogP contribution in [0.3, 0.4) is 0 Å². The van der Waals surface area contributed by atoms with E-state index in [2.05, 4.69) is 15.6 Å². The van der Waals surface area contributed by atoms with Gasteiger partial charge in [-0.1, -0.05) is 48.4 Å². The van der Waals surface area contributed by atoms with Crippen LogP contribution < -0.4 is 19.7 Å². The molecular weight excluding hydrogens is 501 g/mol. The van der Waals surface area contributed by atoms with Gasteiger partial charge in [0.2, 0.25) is 11.8 Å². The second-order valence-electron chi connectivity index (χ2n) is 9.45. The SMILES string of the molecule is COc1ccc(N(C(=O)Cn2nnc3ccccc32)[C@H](C(=O)NC2CCCC2)c2ccccc2F)c(OC)c1. The minimum absolute atomic E-state index is 0.0410. The van der Waals surface area contributed by atoms with Gasteiger partial charge in [0.25, 0.3) is 0 Å². The average Bonchev–Trinajstić information content (AvgIpc) is 3.62. The number of hydrogen-bond donors (Lipinski definition) is 1. The molecule has 1 N–H and O–H groups in total. The minimum atomic E-state index is -1.31. The Labute approximate surface area is 225 Å². The van der Waals surface area contributed by atoms with Crippen LogP contribution in [0, 0.1) is 5.82 Å². The number of ether oxygens (including phenoxy) is 2. The molecule has 0 bridgehead atoms. The zero-order valence-corrected chi connectivity index (χ0v) is 21.8. The lowest BCUT2D eigenvalue weighted by Gasteiger charge is -2.33. The van der Waals surface area contributed by atoms with Gasteiger partial charge in [-0.15, -0.1) is 5.10 Å². The number of anilines is 1. The molecule has 1 aromatic heterocycles. The Balaban J connectivity index is 1.64. The standard InChI is InChI=1S/C29H30FN5O4/c1-38-20-15-16-25(26(17-20)39-2)35(27(36)18-34-24-14-8-7-13-23(24)32-33-34)28(21-11-5-6-12-22(21)30)29(37)31-19-9-3-4-10-19/h5-8,11-17,19,28H,3-4,9-10,18H2,1-2H3,(H,31,37)/t28-/m0/s1. The summed E-state index contributed by atoms with van der Waals surface area (Å²) in [6.45, 7) is -0.239. The third-order valence-electron chi connectivity index (χ3n) is 7.03. The average molecular weight is 532 g/mol. The number of halogens is 1. The van der Waals surface area contributed by atoms with E-state index in [-0.39, 0.29) is 18.2 Å². The molecule has 0 spiro atoms. The molecule has 0 unspecified atom stereocenters. The van der Waals surface area contributed by atoms with Gasteiger partial charge in [-0.3, -0.25) is 14.5 Å². The van der Waals surface area contributed by atoms with E-state index in [9.17, 15) is 9.59 Å². The number of rotatable bonds is 9. The molecule has 3 aromatic carbocycles. The molecule has 2 amide bonds. The first-order chi connectivity index (χ1) is 19.0. The predicted molar refractivity (Wildman–Crippen MR) is 144 cm³/mol. The van der Waals surface area contributed by atoms with Gasteiger partial charge >= 0.3 is 0 Å². The Morgan fingerprint density at radius 1 is 1.05 bits per heavy atom. The van der Waals surface area contributed by atoms with Gasteiger partial charge in [0, 0.05) is 17.7 Å². The number of para-hydroxylation sites is 1. The van der Waals surface area contributed by atoms with E-state index in [0.717, 1.165) is 25.7 Å². The second kappa shape index (κ2) is 11.5. The monoisotopic (exact) mass is 531 g/mol. The number of carbonyl (C=O) groups is 2. The maximum Gasteiger partial charge on any atom is 0.249 e. The highest BCUT2D eigenvalue weighted by Crippen LogP contribution is 2.38. The van der Waals surface area contributed by atoms with Crippen LogP contribution in [-0.2, 0) is 16.1 Å². The van der Waals surface area contributed by atoms with Crippen molar-refractivity contribution in [2.24, 2.45) is 0 Å². The smallest absolute Gasteiger partial charge is 0.249 e. The summed E-state index contributed by atoms with van der Waals surface area (Å²) in [6.07, 6.45) is 3.67. The summed E-state index contributed by atoms with van der Waals surface area (Å²) in [5.41, 5.74) is 1.65. The van der Waals surface area contributed by atoms with Crippen LogP contribution in [0.25, 0.3) is 11.0 Å². The summed E-state index contributed by atoms with van der Waals surface area (Å²) in [6, 6.07) is 16.8. The molecule has 1 saturated carbocycles. The third-order valence-corrected chi connectivity index (χ3v) is 7.03. The maximum atomic E-state index is 15.3. The number of fused-ring (bicyclic) bond motifs is 1. The lowest BCUT2D eigenvalue weighted by Crippen LogP contribution is -2.47. The van der Waals surface area contributed by atoms with E-state index < -0.39 is 23.7 Å². The molecule has 1 aliphatic carbocycles. The van der Waals surface area contributed by atoms with Crippen LogP contribution in [0.2, 0.25) is 0 Å². The molecule has 1 atom stereocenters. The molecule has 9 nitrogen and oxygen atoms in total. The van der Waals surface area contributed by atoms with Gasteiger partial charge in [0.1, 0.15) is 35.4 Å². The minimum Gasteiger partial charge on any atom is -0.497 e. The van der Waals surface area contributed by atoms with Crippen LogP contribution >= 0.6 is 0 Å². The van der Waals surface area contributed by atoms with Crippen molar-refractivity contribution in [2.75, 3.05) is 19.1 Å². The van der Waals surface area contributed by atoms with E-state index in [1.54, 1.807) is 36.4 Å². The van der Waals surface area contributed by atoms with Crippen molar-refractivity contribution in [3.8, 4) is 11.5 Å². The molecule has 39 heavy (non-hydrogen) atoms. The predicted octanol–water partition coefficient (Wildman–Crippen LogP) is 4.42. The van der Waals surface area contributed by atoms with Crippen LogP contribution in [0.15, 0.2) is 66.7 Å². The van der Waals surface area contributed by atoms with Crippen molar-refractivity contribution in [1.82, 2.24) is 20.3 Å². The lowest BCUT2D eigenvalue weighted by molar-refractivity contribution is -0.127.